The van der Waals surface area contributed by atoms with Crippen LogP contribution in [0.25, 0.3) is 0 Å². The number of hydrogen-bond acceptors (Lipinski definition) is 3. The second-order valence-electron chi connectivity index (χ2n) is 3.66. The standard InChI is InChI=1S/C11H17NO2/c1-8-6-9(11(2,13)7-12)4-5-10(8)14-3/h4-6,13H,7,12H2,1-3H3/t11-/m1/s1. The van der Waals surface area contributed by atoms with E-state index in [0.717, 1.165) is 16.9 Å². The van der Waals surface area contributed by atoms with Gasteiger partial charge >= 0.3 is 0 Å². The monoisotopic (exact) mass is 195 g/mol. The largest absolute Gasteiger partial charge is 0.496 e. The molecule has 0 spiro atoms. The molecule has 0 radical (unpaired) electrons. The first kappa shape index (κ1) is 11.0. The van der Waals surface area contributed by atoms with Crippen LogP contribution < -0.4 is 10.5 Å². The van der Waals surface area contributed by atoms with Crippen molar-refractivity contribution < 1.29 is 9.84 Å². The summed E-state index contributed by atoms with van der Waals surface area (Å²) in [5.74, 6) is 0.821. The van der Waals surface area contributed by atoms with Crippen molar-refractivity contribution in [2.75, 3.05) is 13.7 Å². The van der Waals surface area contributed by atoms with E-state index in [1.165, 1.54) is 0 Å². The number of ether oxygens (including phenoxy) is 1. The molecule has 1 rings (SSSR count). The van der Waals surface area contributed by atoms with Gasteiger partial charge in [0.25, 0.3) is 0 Å². The molecule has 1 aromatic carbocycles. The third-order valence-electron chi connectivity index (χ3n) is 2.41. The average Bonchev–Trinajstić information content (AvgIpc) is 2.17. The number of rotatable bonds is 3. The van der Waals surface area contributed by atoms with E-state index < -0.39 is 5.60 Å². The van der Waals surface area contributed by atoms with Crippen LogP contribution in [0.3, 0.4) is 0 Å². The van der Waals surface area contributed by atoms with Gasteiger partial charge in [-0.1, -0.05) is 6.07 Å². The lowest BCUT2D eigenvalue weighted by Crippen LogP contribution is -2.31. The fraction of sp³-hybridized carbons (Fsp3) is 0.455. The van der Waals surface area contributed by atoms with Crippen molar-refractivity contribution in [1.29, 1.82) is 0 Å². The van der Waals surface area contributed by atoms with Gasteiger partial charge in [0.2, 0.25) is 0 Å². The number of benzene rings is 1. The van der Waals surface area contributed by atoms with E-state index in [9.17, 15) is 5.11 Å². The van der Waals surface area contributed by atoms with E-state index in [-0.39, 0.29) is 6.54 Å². The number of nitrogens with two attached hydrogens (primary N) is 1. The SMILES string of the molecule is COc1ccc([C@](C)(O)CN)cc1C. The van der Waals surface area contributed by atoms with Crippen molar-refractivity contribution >= 4 is 0 Å². The summed E-state index contributed by atoms with van der Waals surface area (Å²) >= 11 is 0. The van der Waals surface area contributed by atoms with Gasteiger partial charge in [0.15, 0.2) is 0 Å². The lowest BCUT2D eigenvalue weighted by atomic mass is 9.94. The molecule has 1 atom stereocenters. The molecule has 3 heteroatoms. The average molecular weight is 195 g/mol. The topological polar surface area (TPSA) is 55.5 Å². The Morgan fingerprint density at radius 1 is 1.50 bits per heavy atom. The third-order valence-corrected chi connectivity index (χ3v) is 2.41. The van der Waals surface area contributed by atoms with Gasteiger partial charge in [0.1, 0.15) is 5.75 Å². The molecule has 0 heterocycles. The van der Waals surface area contributed by atoms with Gasteiger partial charge in [0, 0.05) is 6.54 Å². The summed E-state index contributed by atoms with van der Waals surface area (Å²) in [6.07, 6.45) is 0. The van der Waals surface area contributed by atoms with E-state index in [0.29, 0.717) is 0 Å². The second-order valence-corrected chi connectivity index (χ2v) is 3.66. The van der Waals surface area contributed by atoms with Crippen LogP contribution in [-0.4, -0.2) is 18.8 Å². The highest BCUT2D eigenvalue weighted by molar-refractivity contribution is 5.38. The molecule has 3 nitrogen and oxygen atoms in total. The highest BCUT2D eigenvalue weighted by Gasteiger charge is 2.21. The Morgan fingerprint density at radius 2 is 2.14 bits per heavy atom. The van der Waals surface area contributed by atoms with E-state index >= 15 is 0 Å². The molecule has 14 heavy (non-hydrogen) atoms. The zero-order chi connectivity index (χ0) is 10.8. The summed E-state index contributed by atoms with van der Waals surface area (Å²) in [4.78, 5) is 0. The van der Waals surface area contributed by atoms with E-state index in [2.05, 4.69) is 0 Å². The smallest absolute Gasteiger partial charge is 0.121 e. The maximum atomic E-state index is 9.92. The van der Waals surface area contributed by atoms with E-state index in [4.69, 9.17) is 10.5 Å². The van der Waals surface area contributed by atoms with Gasteiger partial charge in [-0.25, -0.2) is 0 Å². The zero-order valence-corrected chi connectivity index (χ0v) is 8.87. The van der Waals surface area contributed by atoms with Crippen LogP contribution in [0, 0.1) is 6.92 Å². The molecule has 0 aliphatic rings. The van der Waals surface area contributed by atoms with Gasteiger partial charge in [-0.2, -0.15) is 0 Å². The fourth-order valence-electron chi connectivity index (χ4n) is 1.33. The first-order chi connectivity index (χ1) is 6.51. The number of hydrogen-bond donors (Lipinski definition) is 2. The molecule has 0 amide bonds. The summed E-state index contributed by atoms with van der Waals surface area (Å²) in [5.41, 5.74) is 6.33. The summed E-state index contributed by atoms with van der Waals surface area (Å²) in [6.45, 7) is 3.85. The minimum absolute atomic E-state index is 0.207. The minimum Gasteiger partial charge on any atom is -0.496 e. The van der Waals surface area contributed by atoms with Crippen LogP contribution in [-0.2, 0) is 5.60 Å². The first-order valence-corrected chi connectivity index (χ1v) is 4.59. The second kappa shape index (κ2) is 3.98. The van der Waals surface area contributed by atoms with Gasteiger partial charge in [-0.05, 0) is 37.1 Å². The molecular formula is C11H17NO2. The molecule has 78 valence electrons. The molecule has 0 aromatic heterocycles. The quantitative estimate of drug-likeness (QED) is 0.761. The zero-order valence-electron chi connectivity index (χ0n) is 8.87. The lowest BCUT2D eigenvalue weighted by molar-refractivity contribution is 0.0667. The first-order valence-electron chi connectivity index (χ1n) is 4.59. The highest BCUT2D eigenvalue weighted by atomic mass is 16.5. The summed E-state index contributed by atoms with van der Waals surface area (Å²) in [6, 6.07) is 5.57. The van der Waals surface area contributed by atoms with Crippen molar-refractivity contribution in [1.82, 2.24) is 0 Å². The Bertz CT molecular complexity index is 321. The van der Waals surface area contributed by atoms with Crippen molar-refractivity contribution in [2.24, 2.45) is 5.73 Å². The van der Waals surface area contributed by atoms with Crippen molar-refractivity contribution in [3.8, 4) is 5.75 Å². The number of aryl methyl sites for hydroxylation is 1. The van der Waals surface area contributed by atoms with Crippen LogP contribution in [0.4, 0.5) is 0 Å². The van der Waals surface area contributed by atoms with Crippen LogP contribution in [0.1, 0.15) is 18.1 Å². The van der Waals surface area contributed by atoms with E-state index in [1.54, 1.807) is 14.0 Å². The van der Waals surface area contributed by atoms with Crippen LogP contribution in [0.2, 0.25) is 0 Å². The maximum absolute atomic E-state index is 9.92. The predicted molar refractivity (Wildman–Crippen MR) is 56.4 cm³/mol. The summed E-state index contributed by atoms with van der Waals surface area (Å²) in [7, 11) is 1.63. The molecule has 1 aromatic rings. The molecular weight excluding hydrogens is 178 g/mol. The van der Waals surface area contributed by atoms with Crippen molar-refractivity contribution in [3.05, 3.63) is 29.3 Å². The molecule has 0 fully saturated rings. The number of aliphatic hydroxyl groups is 1. The normalized spacial score (nSPS) is 14.9. The predicted octanol–water partition coefficient (Wildman–Crippen LogP) is 1.17. The number of methoxy groups -OCH3 is 1. The molecule has 0 aliphatic heterocycles. The Labute approximate surface area is 84.5 Å². The van der Waals surface area contributed by atoms with Crippen LogP contribution in [0.15, 0.2) is 18.2 Å². The molecule has 0 saturated heterocycles. The van der Waals surface area contributed by atoms with Gasteiger partial charge in [-0.15, -0.1) is 0 Å². The van der Waals surface area contributed by atoms with Crippen LogP contribution in [0.5, 0.6) is 5.75 Å². The molecule has 0 aliphatic carbocycles. The Kier molecular flexibility index (Phi) is 3.13. The lowest BCUT2D eigenvalue weighted by Gasteiger charge is -2.22. The van der Waals surface area contributed by atoms with Gasteiger partial charge in [-0.3, -0.25) is 0 Å². The highest BCUT2D eigenvalue weighted by Crippen LogP contribution is 2.25. The van der Waals surface area contributed by atoms with Gasteiger partial charge in [0.05, 0.1) is 12.7 Å². The maximum Gasteiger partial charge on any atom is 0.121 e. The third kappa shape index (κ3) is 2.05. The van der Waals surface area contributed by atoms with E-state index in [1.807, 2.05) is 25.1 Å². The Hall–Kier alpha value is -1.06. The summed E-state index contributed by atoms with van der Waals surface area (Å²) < 4.78 is 5.13. The van der Waals surface area contributed by atoms with Crippen LogP contribution >= 0.6 is 0 Å². The molecule has 3 N–H and O–H groups in total. The Balaban J connectivity index is 3.08. The fourth-order valence-corrected chi connectivity index (χ4v) is 1.33. The van der Waals surface area contributed by atoms with Gasteiger partial charge < -0.3 is 15.6 Å². The Morgan fingerprint density at radius 3 is 2.57 bits per heavy atom. The van der Waals surface area contributed by atoms with Crippen molar-refractivity contribution in [3.63, 3.8) is 0 Å². The molecule has 0 saturated carbocycles. The van der Waals surface area contributed by atoms with Crippen molar-refractivity contribution in [2.45, 2.75) is 19.4 Å². The molecule has 0 bridgehead atoms. The molecule has 0 unspecified atom stereocenters. The summed E-state index contributed by atoms with van der Waals surface area (Å²) in [5, 5.41) is 9.92. The minimum atomic E-state index is -0.961.